The van der Waals surface area contributed by atoms with Gasteiger partial charge in [0, 0.05) is 11.3 Å². The Morgan fingerprint density at radius 2 is 2.31 bits per heavy atom. The van der Waals surface area contributed by atoms with Crippen molar-refractivity contribution in [3.05, 3.63) is 0 Å². The number of halogens is 2. The van der Waals surface area contributed by atoms with Gasteiger partial charge in [-0.1, -0.05) is 6.92 Å². The molecule has 1 heterocycles. The van der Waals surface area contributed by atoms with Crippen molar-refractivity contribution < 1.29 is 13.9 Å². The number of nitrogens with one attached hydrogen (secondary N) is 1. The first kappa shape index (κ1) is 11.2. The van der Waals surface area contributed by atoms with E-state index in [1.165, 1.54) is 0 Å². The molecule has 1 aliphatic heterocycles. The van der Waals surface area contributed by atoms with Gasteiger partial charge in [-0.05, 0) is 12.2 Å². The number of aliphatic hydroxyl groups excluding tert-OH is 1. The summed E-state index contributed by atoms with van der Waals surface area (Å²) in [6, 6.07) is 0.169. The predicted molar refractivity (Wildman–Crippen MR) is 50.4 cm³/mol. The molecule has 0 amide bonds. The first-order valence-electron chi connectivity index (χ1n) is 4.39. The lowest BCUT2D eigenvalue weighted by Gasteiger charge is -2.20. The second-order valence-corrected chi connectivity index (χ2v) is 4.85. The van der Waals surface area contributed by atoms with Crippen LogP contribution >= 0.6 is 11.8 Å². The third-order valence-corrected chi connectivity index (χ3v) is 3.56. The highest BCUT2D eigenvalue weighted by molar-refractivity contribution is 8.00. The van der Waals surface area contributed by atoms with Gasteiger partial charge in [-0.3, -0.25) is 0 Å². The molecule has 5 heteroatoms. The predicted octanol–water partition coefficient (Wildman–Crippen LogP) is 1.10. The highest BCUT2D eigenvalue weighted by Gasteiger charge is 2.31. The van der Waals surface area contributed by atoms with E-state index >= 15 is 0 Å². The molecule has 2 unspecified atom stereocenters. The summed E-state index contributed by atoms with van der Waals surface area (Å²) in [4.78, 5) is 0. The molecule has 2 nitrogen and oxygen atoms in total. The van der Waals surface area contributed by atoms with E-state index in [1.54, 1.807) is 11.8 Å². The first-order chi connectivity index (χ1) is 6.05. The SMILES string of the molecule is CC1SCCC1NCC(F)(F)CO. The van der Waals surface area contributed by atoms with Crippen LogP contribution in [0.4, 0.5) is 8.78 Å². The van der Waals surface area contributed by atoms with Crippen molar-refractivity contribution in [3.63, 3.8) is 0 Å². The summed E-state index contributed by atoms with van der Waals surface area (Å²) in [6.07, 6.45) is 0.938. The minimum atomic E-state index is -2.98. The Balaban J connectivity index is 2.25. The van der Waals surface area contributed by atoms with Crippen LogP contribution in [0.3, 0.4) is 0 Å². The molecule has 0 saturated carbocycles. The molecular weight excluding hydrogens is 196 g/mol. The summed E-state index contributed by atoms with van der Waals surface area (Å²) < 4.78 is 25.2. The fourth-order valence-corrected chi connectivity index (χ4v) is 2.56. The van der Waals surface area contributed by atoms with E-state index in [1.807, 2.05) is 6.92 Å². The van der Waals surface area contributed by atoms with Crippen LogP contribution in [-0.4, -0.2) is 41.2 Å². The summed E-state index contributed by atoms with van der Waals surface area (Å²) in [6.45, 7) is 0.541. The number of hydrogen-bond acceptors (Lipinski definition) is 3. The Kier molecular flexibility index (Phi) is 3.94. The van der Waals surface area contributed by atoms with Gasteiger partial charge in [-0.25, -0.2) is 8.78 Å². The van der Waals surface area contributed by atoms with Gasteiger partial charge in [0.05, 0.1) is 6.54 Å². The van der Waals surface area contributed by atoms with E-state index in [4.69, 9.17) is 5.11 Å². The lowest BCUT2D eigenvalue weighted by molar-refractivity contribution is -0.0492. The number of hydrogen-bond donors (Lipinski definition) is 2. The standard InChI is InChI=1S/C8H15F2NOS/c1-6-7(2-3-13-6)11-4-8(9,10)5-12/h6-7,11-12H,2-5H2,1H3. The molecule has 1 saturated heterocycles. The number of rotatable bonds is 4. The molecule has 0 aromatic rings. The Bertz CT molecular complexity index is 168. The minimum Gasteiger partial charge on any atom is -0.390 e. The van der Waals surface area contributed by atoms with Crippen LogP contribution in [0.1, 0.15) is 13.3 Å². The monoisotopic (exact) mass is 211 g/mol. The van der Waals surface area contributed by atoms with Gasteiger partial charge in [-0.2, -0.15) is 11.8 Å². The lowest BCUT2D eigenvalue weighted by atomic mass is 10.1. The van der Waals surface area contributed by atoms with Gasteiger partial charge >= 0.3 is 0 Å². The average molecular weight is 211 g/mol. The maximum atomic E-state index is 12.6. The summed E-state index contributed by atoms with van der Waals surface area (Å²) in [5.74, 6) is -1.95. The Labute approximate surface area is 81.1 Å². The van der Waals surface area contributed by atoms with Crippen molar-refractivity contribution in [2.75, 3.05) is 18.9 Å². The molecule has 78 valence electrons. The van der Waals surface area contributed by atoms with Crippen LogP contribution in [0.5, 0.6) is 0 Å². The van der Waals surface area contributed by atoms with Gasteiger partial charge in [0.15, 0.2) is 0 Å². The molecule has 0 aromatic heterocycles. The lowest BCUT2D eigenvalue weighted by Crippen LogP contribution is -2.43. The van der Waals surface area contributed by atoms with Gasteiger partial charge in [-0.15, -0.1) is 0 Å². The Morgan fingerprint density at radius 1 is 1.62 bits per heavy atom. The van der Waals surface area contributed by atoms with E-state index in [-0.39, 0.29) is 6.04 Å². The summed E-state index contributed by atoms with van der Waals surface area (Å²) in [7, 11) is 0. The maximum absolute atomic E-state index is 12.6. The third kappa shape index (κ3) is 3.40. The van der Waals surface area contributed by atoms with E-state index < -0.39 is 19.1 Å². The molecular formula is C8H15F2NOS. The van der Waals surface area contributed by atoms with Crippen molar-refractivity contribution in [3.8, 4) is 0 Å². The normalized spacial score (nSPS) is 29.5. The number of aliphatic hydroxyl groups is 1. The van der Waals surface area contributed by atoms with Crippen molar-refractivity contribution >= 4 is 11.8 Å². The van der Waals surface area contributed by atoms with E-state index in [2.05, 4.69) is 5.32 Å². The highest BCUT2D eigenvalue weighted by Crippen LogP contribution is 2.26. The van der Waals surface area contributed by atoms with Gasteiger partial charge in [0.25, 0.3) is 5.92 Å². The molecule has 0 aromatic carbocycles. The molecule has 1 fully saturated rings. The smallest absolute Gasteiger partial charge is 0.282 e. The maximum Gasteiger partial charge on any atom is 0.282 e. The number of alkyl halides is 2. The number of thioether (sulfide) groups is 1. The van der Waals surface area contributed by atoms with Gasteiger partial charge in [0.1, 0.15) is 6.61 Å². The van der Waals surface area contributed by atoms with Crippen LogP contribution in [0.2, 0.25) is 0 Å². The van der Waals surface area contributed by atoms with Crippen molar-refractivity contribution in [1.82, 2.24) is 5.32 Å². The molecule has 1 aliphatic rings. The van der Waals surface area contributed by atoms with Crippen LogP contribution < -0.4 is 5.32 Å². The van der Waals surface area contributed by atoms with E-state index in [0.29, 0.717) is 5.25 Å². The minimum absolute atomic E-state index is 0.169. The molecule has 0 spiro atoms. The fraction of sp³-hybridized carbons (Fsp3) is 1.00. The van der Waals surface area contributed by atoms with Crippen LogP contribution in [0, 0.1) is 0 Å². The summed E-state index contributed by atoms with van der Waals surface area (Å²) in [5, 5.41) is 11.5. The topological polar surface area (TPSA) is 32.3 Å². The molecule has 0 radical (unpaired) electrons. The quantitative estimate of drug-likeness (QED) is 0.730. The zero-order valence-corrected chi connectivity index (χ0v) is 8.41. The van der Waals surface area contributed by atoms with Gasteiger partial charge in [0.2, 0.25) is 0 Å². The molecule has 0 bridgehead atoms. The second kappa shape index (κ2) is 4.57. The fourth-order valence-electron chi connectivity index (χ4n) is 1.34. The van der Waals surface area contributed by atoms with Crippen molar-refractivity contribution in [2.45, 2.75) is 30.6 Å². The van der Waals surface area contributed by atoms with Crippen molar-refractivity contribution in [2.24, 2.45) is 0 Å². The molecule has 2 atom stereocenters. The van der Waals surface area contributed by atoms with Crippen LogP contribution in [-0.2, 0) is 0 Å². The van der Waals surface area contributed by atoms with Gasteiger partial charge < -0.3 is 10.4 Å². The highest BCUT2D eigenvalue weighted by atomic mass is 32.2. The van der Waals surface area contributed by atoms with E-state index in [0.717, 1.165) is 12.2 Å². The average Bonchev–Trinajstić information content (AvgIpc) is 2.48. The van der Waals surface area contributed by atoms with E-state index in [9.17, 15) is 8.78 Å². The van der Waals surface area contributed by atoms with Crippen molar-refractivity contribution in [1.29, 1.82) is 0 Å². The Hall–Kier alpha value is 0.130. The zero-order valence-electron chi connectivity index (χ0n) is 7.59. The second-order valence-electron chi connectivity index (χ2n) is 3.37. The van der Waals surface area contributed by atoms with Crippen LogP contribution in [0.15, 0.2) is 0 Å². The molecule has 13 heavy (non-hydrogen) atoms. The summed E-state index contributed by atoms with van der Waals surface area (Å²) >= 11 is 1.79. The Morgan fingerprint density at radius 3 is 2.77 bits per heavy atom. The largest absolute Gasteiger partial charge is 0.390 e. The zero-order chi connectivity index (χ0) is 9.90. The van der Waals surface area contributed by atoms with Crippen LogP contribution in [0.25, 0.3) is 0 Å². The summed E-state index contributed by atoms with van der Waals surface area (Å²) in [5.41, 5.74) is 0. The molecule has 2 N–H and O–H groups in total. The third-order valence-electron chi connectivity index (χ3n) is 2.23. The molecule has 1 rings (SSSR count). The molecule has 0 aliphatic carbocycles. The first-order valence-corrected chi connectivity index (χ1v) is 5.44.